The van der Waals surface area contributed by atoms with Crippen LogP contribution in [0.25, 0.3) is 0 Å². The van der Waals surface area contributed by atoms with Crippen LogP contribution >= 0.6 is 0 Å². The standard InChI is InChI=1S/C12H20/c1-6-8-12(9-7-2)11(5)10(3)4/h6-7,9-10H,1,8H2,2-5H3. The smallest absolute Gasteiger partial charge is 0.0101 e. The van der Waals surface area contributed by atoms with Crippen molar-refractivity contribution in [3.05, 3.63) is 36.0 Å². The zero-order chi connectivity index (χ0) is 9.56. The third kappa shape index (κ3) is 3.56. The molecule has 0 nitrogen and oxygen atoms in total. The summed E-state index contributed by atoms with van der Waals surface area (Å²) in [6.45, 7) is 12.5. The van der Waals surface area contributed by atoms with E-state index in [0.29, 0.717) is 5.92 Å². The highest BCUT2D eigenvalue weighted by Crippen LogP contribution is 2.18. The zero-order valence-electron chi connectivity index (χ0n) is 8.72. The molecule has 0 atom stereocenters. The molecular weight excluding hydrogens is 144 g/mol. The zero-order valence-corrected chi connectivity index (χ0v) is 8.72. The lowest BCUT2D eigenvalue weighted by Gasteiger charge is -2.09. The van der Waals surface area contributed by atoms with Gasteiger partial charge in [0.2, 0.25) is 0 Å². The van der Waals surface area contributed by atoms with Crippen molar-refractivity contribution >= 4 is 0 Å². The van der Waals surface area contributed by atoms with Crippen molar-refractivity contribution in [2.45, 2.75) is 34.1 Å². The van der Waals surface area contributed by atoms with Gasteiger partial charge in [0, 0.05) is 0 Å². The van der Waals surface area contributed by atoms with Crippen LogP contribution in [0, 0.1) is 5.92 Å². The number of hydrogen-bond acceptors (Lipinski definition) is 0. The monoisotopic (exact) mass is 164 g/mol. The molecule has 0 fully saturated rings. The Labute approximate surface area is 76.7 Å². The lowest BCUT2D eigenvalue weighted by molar-refractivity contribution is 0.757. The molecule has 0 amide bonds. The van der Waals surface area contributed by atoms with E-state index in [0.717, 1.165) is 6.42 Å². The predicted molar refractivity (Wildman–Crippen MR) is 57.2 cm³/mol. The highest BCUT2D eigenvalue weighted by atomic mass is 14.1. The molecule has 0 aliphatic rings. The van der Waals surface area contributed by atoms with Crippen LogP contribution in [0.4, 0.5) is 0 Å². The Hall–Kier alpha value is -0.780. The summed E-state index contributed by atoms with van der Waals surface area (Å²) in [4.78, 5) is 0. The summed E-state index contributed by atoms with van der Waals surface area (Å²) in [6.07, 6.45) is 7.21. The maximum Gasteiger partial charge on any atom is -0.0101 e. The van der Waals surface area contributed by atoms with E-state index in [2.05, 4.69) is 46.4 Å². The molecule has 0 aliphatic heterocycles. The Bertz CT molecular complexity index is 192. The van der Waals surface area contributed by atoms with Crippen molar-refractivity contribution in [3.8, 4) is 0 Å². The third-order valence-corrected chi connectivity index (χ3v) is 2.10. The molecule has 0 bridgehead atoms. The first-order valence-electron chi connectivity index (χ1n) is 4.56. The Morgan fingerprint density at radius 3 is 2.33 bits per heavy atom. The van der Waals surface area contributed by atoms with Gasteiger partial charge in [-0.1, -0.05) is 37.6 Å². The van der Waals surface area contributed by atoms with Crippen molar-refractivity contribution in [1.29, 1.82) is 0 Å². The van der Waals surface area contributed by atoms with Crippen LogP contribution in [0.1, 0.15) is 34.1 Å². The van der Waals surface area contributed by atoms with Gasteiger partial charge in [-0.25, -0.2) is 0 Å². The van der Waals surface area contributed by atoms with E-state index in [1.165, 1.54) is 11.1 Å². The summed E-state index contributed by atoms with van der Waals surface area (Å²) < 4.78 is 0. The second kappa shape index (κ2) is 5.82. The summed E-state index contributed by atoms with van der Waals surface area (Å²) in [6, 6.07) is 0. The summed E-state index contributed by atoms with van der Waals surface area (Å²) in [7, 11) is 0. The largest absolute Gasteiger partial charge is 0.103 e. The fraction of sp³-hybridized carbons (Fsp3) is 0.500. The highest BCUT2D eigenvalue weighted by Gasteiger charge is 2.01. The number of allylic oxidation sites excluding steroid dienone is 5. The quantitative estimate of drug-likeness (QED) is 0.433. The minimum absolute atomic E-state index is 0.635. The van der Waals surface area contributed by atoms with Gasteiger partial charge >= 0.3 is 0 Å². The van der Waals surface area contributed by atoms with Gasteiger partial charge in [0.1, 0.15) is 0 Å². The third-order valence-electron chi connectivity index (χ3n) is 2.10. The Kier molecular flexibility index (Phi) is 5.44. The van der Waals surface area contributed by atoms with E-state index in [4.69, 9.17) is 0 Å². The molecule has 0 heteroatoms. The molecule has 0 aliphatic carbocycles. The summed E-state index contributed by atoms with van der Waals surface area (Å²) >= 11 is 0. The van der Waals surface area contributed by atoms with Crippen molar-refractivity contribution in [2.24, 2.45) is 5.92 Å². The van der Waals surface area contributed by atoms with E-state index in [1.54, 1.807) is 0 Å². The highest BCUT2D eigenvalue weighted by molar-refractivity contribution is 5.27. The molecule has 0 aromatic rings. The fourth-order valence-corrected chi connectivity index (χ4v) is 1.09. The van der Waals surface area contributed by atoms with Crippen LogP contribution in [0.15, 0.2) is 36.0 Å². The molecule has 0 saturated heterocycles. The topological polar surface area (TPSA) is 0 Å². The Balaban J connectivity index is 4.65. The summed E-state index contributed by atoms with van der Waals surface area (Å²) in [5, 5.41) is 0. The van der Waals surface area contributed by atoms with Crippen molar-refractivity contribution in [3.63, 3.8) is 0 Å². The van der Waals surface area contributed by atoms with Gasteiger partial charge in [0.05, 0.1) is 0 Å². The maximum atomic E-state index is 3.76. The van der Waals surface area contributed by atoms with Gasteiger partial charge < -0.3 is 0 Å². The summed E-state index contributed by atoms with van der Waals surface area (Å²) in [5.74, 6) is 0.635. The Morgan fingerprint density at radius 2 is 2.00 bits per heavy atom. The van der Waals surface area contributed by atoms with Crippen molar-refractivity contribution in [1.82, 2.24) is 0 Å². The maximum absolute atomic E-state index is 3.76. The van der Waals surface area contributed by atoms with E-state index in [9.17, 15) is 0 Å². The minimum Gasteiger partial charge on any atom is -0.103 e. The van der Waals surface area contributed by atoms with E-state index >= 15 is 0 Å². The lowest BCUT2D eigenvalue weighted by Crippen LogP contribution is -1.93. The molecule has 12 heavy (non-hydrogen) atoms. The first kappa shape index (κ1) is 11.2. The van der Waals surface area contributed by atoms with Gasteiger partial charge in [-0.3, -0.25) is 0 Å². The van der Waals surface area contributed by atoms with Crippen molar-refractivity contribution in [2.75, 3.05) is 0 Å². The van der Waals surface area contributed by atoms with Gasteiger partial charge in [0.15, 0.2) is 0 Å². The first-order valence-corrected chi connectivity index (χ1v) is 4.56. The van der Waals surface area contributed by atoms with Crippen LogP contribution in [0.3, 0.4) is 0 Å². The number of hydrogen-bond donors (Lipinski definition) is 0. The van der Waals surface area contributed by atoms with Gasteiger partial charge in [-0.05, 0) is 31.8 Å². The Morgan fingerprint density at radius 1 is 1.42 bits per heavy atom. The molecule has 0 rings (SSSR count). The normalized spacial score (nSPS) is 13.8. The molecule has 0 heterocycles. The van der Waals surface area contributed by atoms with E-state index in [-0.39, 0.29) is 0 Å². The van der Waals surface area contributed by atoms with Gasteiger partial charge in [0.25, 0.3) is 0 Å². The molecule has 0 aromatic carbocycles. The van der Waals surface area contributed by atoms with Gasteiger partial charge in [-0.15, -0.1) is 6.58 Å². The SMILES string of the molecule is C=CCC(C=CC)=C(C)C(C)C. The molecule has 0 aromatic heterocycles. The minimum atomic E-state index is 0.635. The molecule has 0 spiro atoms. The number of rotatable bonds is 4. The van der Waals surface area contributed by atoms with Crippen molar-refractivity contribution < 1.29 is 0 Å². The first-order chi connectivity index (χ1) is 5.63. The van der Waals surface area contributed by atoms with Gasteiger partial charge in [-0.2, -0.15) is 0 Å². The van der Waals surface area contributed by atoms with Crippen LogP contribution < -0.4 is 0 Å². The second-order valence-electron chi connectivity index (χ2n) is 3.36. The summed E-state index contributed by atoms with van der Waals surface area (Å²) in [5.41, 5.74) is 2.87. The van der Waals surface area contributed by atoms with E-state index in [1.807, 2.05) is 6.08 Å². The van der Waals surface area contributed by atoms with Crippen LogP contribution in [0.5, 0.6) is 0 Å². The fourth-order valence-electron chi connectivity index (χ4n) is 1.09. The molecule has 0 N–H and O–H groups in total. The molecule has 0 saturated carbocycles. The second-order valence-corrected chi connectivity index (χ2v) is 3.36. The predicted octanol–water partition coefficient (Wildman–Crippen LogP) is 4.11. The average molecular weight is 164 g/mol. The molecular formula is C12H20. The van der Waals surface area contributed by atoms with Crippen LogP contribution in [-0.2, 0) is 0 Å². The lowest BCUT2D eigenvalue weighted by atomic mass is 9.96. The van der Waals surface area contributed by atoms with Crippen LogP contribution in [-0.4, -0.2) is 0 Å². The van der Waals surface area contributed by atoms with Crippen LogP contribution in [0.2, 0.25) is 0 Å². The average Bonchev–Trinajstić information content (AvgIpc) is 2.03. The molecule has 0 radical (unpaired) electrons. The molecule has 0 unspecified atom stereocenters. The molecule has 68 valence electrons. The van der Waals surface area contributed by atoms with E-state index < -0.39 is 0 Å².